The molecule has 0 bridgehead atoms. The van der Waals surface area contributed by atoms with Crippen LogP contribution >= 0.6 is 0 Å². The number of hydrogen-bond donors (Lipinski definition) is 0. The van der Waals surface area contributed by atoms with E-state index in [0.29, 0.717) is 0 Å². The van der Waals surface area contributed by atoms with Gasteiger partial charge in [0, 0.05) is 30.2 Å². The van der Waals surface area contributed by atoms with Gasteiger partial charge in [0.15, 0.2) is 0 Å². The molecular weight excluding hydrogens is 320 g/mol. The second-order valence-corrected chi connectivity index (χ2v) is 5.90. The average Bonchev–Trinajstić information content (AvgIpc) is 3.21. The number of fused-ring (bicyclic) bond motifs is 3. The molecule has 6 nitrogen and oxygen atoms in total. The van der Waals surface area contributed by atoms with Crippen molar-refractivity contribution in [2.24, 2.45) is 5.92 Å². The third-order valence-electron chi connectivity index (χ3n) is 4.44. The molecule has 0 amide bonds. The molecule has 2 aliphatic carbocycles. The first kappa shape index (κ1) is 15.0. The van der Waals surface area contributed by atoms with Gasteiger partial charge in [0.05, 0.1) is 9.85 Å². The predicted molar refractivity (Wildman–Crippen MR) is 94.0 cm³/mol. The minimum absolute atomic E-state index is 0.00413. The summed E-state index contributed by atoms with van der Waals surface area (Å²) in [5, 5.41) is 22.3. The number of rotatable bonds is 3. The number of nitro groups is 2. The Labute approximate surface area is 142 Å². The molecule has 0 aromatic heterocycles. The molecule has 0 heterocycles. The molecule has 122 valence electrons. The minimum atomic E-state index is -0.432. The molecule has 25 heavy (non-hydrogen) atoms. The zero-order valence-corrected chi connectivity index (χ0v) is 13.0. The van der Waals surface area contributed by atoms with E-state index in [9.17, 15) is 20.2 Å². The van der Waals surface area contributed by atoms with Crippen molar-refractivity contribution in [1.29, 1.82) is 0 Å². The fourth-order valence-corrected chi connectivity index (χ4v) is 3.28. The summed E-state index contributed by atoms with van der Waals surface area (Å²) in [4.78, 5) is 21.4. The largest absolute Gasteiger partial charge is 0.270 e. The Balaban J connectivity index is 1.95. The van der Waals surface area contributed by atoms with E-state index in [0.717, 1.165) is 27.8 Å². The van der Waals surface area contributed by atoms with Gasteiger partial charge in [-0.2, -0.15) is 0 Å². The van der Waals surface area contributed by atoms with Crippen molar-refractivity contribution >= 4 is 16.9 Å². The number of non-ortho nitro benzene ring substituents is 2. The van der Waals surface area contributed by atoms with Crippen molar-refractivity contribution in [3.63, 3.8) is 0 Å². The zero-order chi connectivity index (χ0) is 17.6. The van der Waals surface area contributed by atoms with Crippen molar-refractivity contribution < 1.29 is 9.85 Å². The van der Waals surface area contributed by atoms with Gasteiger partial charge in [-0.25, -0.2) is 0 Å². The molecule has 2 aromatic carbocycles. The summed E-state index contributed by atoms with van der Waals surface area (Å²) in [6, 6.07) is 9.41. The topological polar surface area (TPSA) is 86.3 Å². The van der Waals surface area contributed by atoms with Crippen LogP contribution in [0.2, 0.25) is 0 Å². The highest BCUT2D eigenvalue weighted by molar-refractivity contribution is 6.02. The van der Waals surface area contributed by atoms with Gasteiger partial charge in [0.25, 0.3) is 11.4 Å². The lowest BCUT2D eigenvalue weighted by atomic mass is 9.98. The fraction of sp³-hybridized carbons (Fsp3) is 0.0526. The van der Waals surface area contributed by atoms with Crippen LogP contribution in [-0.2, 0) is 0 Å². The van der Waals surface area contributed by atoms with Crippen molar-refractivity contribution in [3.8, 4) is 11.1 Å². The van der Waals surface area contributed by atoms with E-state index in [1.54, 1.807) is 12.1 Å². The predicted octanol–water partition coefficient (Wildman–Crippen LogP) is 4.66. The Kier molecular flexibility index (Phi) is 3.32. The average molecular weight is 332 g/mol. The number of nitro benzene ring substituents is 2. The molecule has 0 saturated heterocycles. The molecule has 6 heteroatoms. The summed E-state index contributed by atoms with van der Waals surface area (Å²) in [5.41, 5.74) is 3.98. The summed E-state index contributed by atoms with van der Waals surface area (Å²) >= 11 is 0. The Morgan fingerprint density at radius 1 is 0.760 bits per heavy atom. The number of benzene rings is 2. The third kappa shape index (κ3) is 2.44. The van der Waals surface area contributed by atoms with Crippen LogP contribution in [-0.4, -0.2) is 9.85 Å². The standard InChI is InChI=1S/C19H12N2O4/c22-20(23)13-5-7-15-16-8-6-14(21(24)25)11-19(16)17(18(15)10-13)9-12-3-1-2-4-12/h1-12H. The first-order valence-electron chi connectivity index (χ1n) is 7.69. The van der Waals surface area contributed by atoms with Crippen molar-refractivity contribution in [2.75, 3.05) is 0 Å². The van der Waals surface area contributed by atoms with E-state index in [-0.39, 0.29) is 17.3 Å². The quantitative estimate of drug-likeness (QED) is 0.515. The lowest BCUT2D eigenvalue weighted by Gasteiger charge is -2.05. The van der Waals surface area contributed by atoms with Crippen molar-refractivity contribution in [3.05, 3.63) is 98.1 Å². The van der Waals surface area contributed by atoms with Crippen LogP contribution in [0.4, 0.5) is 11.4 Å². The van der Waals surface area contributed by atoms with Gasteiger partial charge < -0.3 is 0 Å². The van der Waals surface area contributed by atoms with Gasteiger partial charge in [-0.3, -0.25) is 20.2 Å². The van der Waals surface area contributed by atoms with Crippen LogP contribution in [0.3, 0.4) is 0 Å². The molecule has 2 aromatic rings. The Hall–Kier alpha value is -3.54. The molecule has 0 spiro atoms. The van der Waals surface area contributed by atoms with Crippen molar-refractivity contribution in [2.45, 2.75) is 0 Å². The van der Waals surface area contributed by atoms with Crippen LogP contribution in [0.5, 0.6) is 0 Å². The van der Waals surface area contributed by atoms with E-state index in [1.165, 1.54) is 24.3 Å². The Morgan fingerprint density at radius 2 is 1.24 bits per heavy atom. The lowest BCUT2D eigenvalue weighted by molar-refractivity contribution is -0.385. The summed E-state index contributed by atoms with van der Waals surface area (Å²) in [7, 11) is 0. The Morgan fingerprint density at radius 3 is 1.68 bits per heavy atom. The first-order chi connectivity index (χ1) is 12.0. The van der Waals surface area contributed by atoms with E-state index in [4.69, 9.17) is 0 Å². The molecule has 0 fully saturated rings. The highest BCUT2D eigenvalue weighted by atomic mass is 16.6. The highest BCUT2D eigenvalue weighted by Crippen LogP contribution is 2.47. The van der Waals surface area contributed by atoms with E-state index in [1.807, 2.05) is 30.4 Å². The van der Waals surface area contributed by atoms with E-state index in [2.05, 4.69) is 0 Å². The second-order valence-electron chi connectivity index (χ2n) is 5.90. The monoisotopic (exact) mass is 332 g/mol. The highest BCUT2D eigenvalue weighted by Gasteiger charge is 2.28. The maximum atomic E-state index is 11.1. The first-order valence-corrected chi connectivity index (χ1v) is 7.69. The number of nitrogens with zero attached hydrogens (tertiary/aromatic N) is 2. The maximum absolute atomic E-state index is 11.1. The molecular formula is C19H12N2O4. The van der Waals surface area contributed by atoms with Crippen LogP contribution in [0.1, 0.15) is 11.1 Å². The molecule has 4 rings (SSSR count). The SMILES string of the molecule is O=[N+]([O-])c1ccc2c(c1)C(=CC1C=CC=C1)c1cc([N+](=O)[O-])ccc1-2. The molecule has 2 aliphatic rings. The minimum Gasteiger partial charge on any atom is -0.258 e. The summed E-state index contributed by atoms with van der Waals surface area (Å²) in [6.07, 6.45) is 9.84. The van der Waals surface area contributed by atoms with Gasteiger partial charge in [0.1, 0.15) is 0 Å². The molecule has 0 unspecified atom stereocenters. The fourth-order valence-electron chi connectivity index (χ4n) is 3.28. The van der Waals surface area contributed by atoms with Gasteiger partial charge in [-0.1, -0.05) is 30.4 Å². The van der Waals surface area contributed by atoms with Gasteiger partial charge in [-0.15, -0.1) is 0 Å². The normalized spacial score (nSPS) is 14.5. The number of hydrogen-bond acceptors (Lipinski definition) is 4. The van der Waals surface area contributed by atoms with E-state index < -0.39 is 9.85 Å². The lowest BCUT2D eigenvalue weighted by Crippen LogP contribution is -1.92. The Bertz CT molecular complexity index is 941. The van der Waals surface area contributed by atoms with Crippen LogP contribution in [0, 0.1) is 26.1 Å². The molecule has 0 N–H and O–H groups in total. The van der Waals surface area contributed by atoms with Crippen LogP contribution in [0.25, 0.3) is 16.7 Å². The third-order valence-corrected chi connectivity index (χ3v) is 4.44. The van der Waals surface area contributed by atoms with Crippen molar-refractivity contribution in [1.82, 2.24) is 0 Å². The molecule has 0 saturated carbocycles. The number of allylic oxidation sites excluding steroid dienone is 5. The van der Waals surface area contributed by atoms with Gasteiger partial charge in [-0.05, 0) is 40.0 Å². The van der Waals surface area contributed by atoms with Crippen LogP contribution < -0.4 is 0 Å². The van der Waals surface area contributed by atoms with Gasteiger partial charge >= 0.3 is 0 Å². The summed E-state index contributed by atoms with van der Waals surface area (Å²) < 4.78 is 0. The van der Waals surface area contributed by atoms with Gasteiger partial charge in [0.2, 0.25) is 0 Å². The van der Waals surface area contributed by atoms with E-state index >= 15 is 0 Å². The summed E-state index contributed by atoms with van der Waals surface area (Å²) in [5.74, 6) is 0.0623. The molecule has 0 aliphatic heterocycles. The molecule has 0 atom stereocenters. The maximum Gasteiger partial charge on any atom is 0.270 e. The van der Waals surface area contributed by atoms with Crippen LogP contribution in [0.15, 0.2) is 66.8 Å². The summed E-state index contributed by atoms with van der Waals surface area (Å²) in [6.45, 7) is 0. The second kappa shape index (κ2) is 5.52. The smallest absolute Gasteiger partial charge is 0.258 e. The molecule has 0 radical (unpaired) electrons. The zero-order valence-electron chi connectivity index (χ0n) is 13.0.